The standard InChI is InChI=1S/C11H14ClF2NO4S/c1-7(2)6-19-11(16)9-3-8(20(12,17)18)4-15(9)5-10(13)14/h3-4,7,10H,5-6H2,1-2H3. The van der Waals surface area contributed by atoms with Gasteiger partial charge < -0.3 is 9.30 Å². The summed E-state index contributed by atoms with van der Waals surface area (Å²) >= 11 is 0. The Hall–Kier alpha value is -1.15. The number of carbonyl (C=O) groups is 1. The zero-order valence-electron chi connectivity index (χ0n) is 10.8. The molecule has 0 saturated heterocycles. The van der Waals surface area contributed by atoms with Gasteiger partial charge in [0.15, 0.2) is 0 Å². The van der Waals surface area contributed by atoms with Crippen molar-refractivity contribution in [1.82, 2.24) is 4.57 Å². The molecule has 0 amide bonds. The highest BCUT2D eigenvalue weighted by Gasteiger charge is 2.22. The fourth-order valence-electron chi connectivity index (χ4n) is 1.40. The molecule has 0 aliphatic rings. The molecule has 0 fully saturated rings. The molecule has 0 radical (unpaired) electrons. The van der Waals surface area contributed by atoms with Crippen LogP contribution in [0, 0.1) is 5.92 Å². The second-order valence-corrected chi connectivity index (χ2v) is 7.10. The minimum absolute atomic E-state index is 0.0636. The topological polar surface area (TPSA) is 65.4 Å². The third kappa shape index (κ3) is 4.75. The van der Waals surface area contributed by atoms with Crippen LogP contribution in [0.4, 0.5) is 8.78 Å². The summed E-state index contributed by atoms with van der Waals surface area (Å²) in [6.07, 6.45) is -1.86. The molecule has 0 spiro atoms. The highest BCUT2D eigenvalue weighted by atomic mass is 35.7. The zero-order valence-corrected chi connectivity index (χ0v) is 12.4. The van der Waals surface area contributed by atoms with Crippen molar-refractivity contribution in [2.75, 3.05) is 6.61 Å². The largest absolute Gasteiger partial charge is 0.461 e. The highest BCUT2D eigenvalue weighted by Crippen LogP contribution is 2.20. The molecule has 0 unspecified atom stereocenters. The lowest BCUT2D eigenvalue weighted by molar-refractivity contribution is 0.0439. The van der Waals surface area contributed by atoms with Crippen LogP contribution in [0.2, 0.25) is 0 Å². The molecule has 0 N–H and O–H groups in total. The minimum atomic E-state index is -4.11. The van der Waals surface area contributed by atoms with Crippen molar-refractivity contribution >= 4 is 25.7 Å². The average molecular weight is 330 g/mol. The van der Waals surface area contributed by atoms with Gasteiger partial charge in [0.2, 0.25) is 0 Å². The average Bonchev–Trinajstić information content (AvgIpc) is 2.68. The quantitative estimate of drug-likeness (QED) is 0.594. The molecule has 1 aromatic rings. The van der Waals surface area contributed by atoms with Crippen LogP contribution < -0.4 is 0 Å². The first-order chi connectivity index (χ1) is 9.11. The SMILES string of the molecule is CC(C)COC(=O)c1cc(S(=O)(=O)Cl)cn1CC(F)F. The van der Waals surface area contributed by atoms with Crippen molar-refractivity contribution in [3.8, 4) is 0 Å². The van der Waals surface area contributed by atoms with Crippen molar-refractivity contribution < 1.29 is 26.7 Å². The summed E-state index contributed by atoms with van der Waals surface area (Å²) < 4.78 is 52.9. The lowest BCUT2D eigenvalue weighted by atomic mass is 10.2. The van der Waals surface area contributed by atoms with E-state index < -0.39 is 32.9 Å². The van der Waals surface area contributed by atoms with Gasteiger partial charge in [0.25, 0.3) is 15.5 Å². The molecule has 0 aliphatic carbocycles. The van der Waals surface area contributed by atoms with E-state index in [1.165, 1.54) is 0 Å². The summed E-state index contributed by atoms with van der Waals surface area (Å²) in [7, 11) is 1.03. The van der Waals surface area contributed by atoms with Crippen LogP contribution >= 0.6 is 10.7 Å². The van der Waals surface area contributed by atoms with Gasteiger partial charge in [-0.15, -0.1) is 0 Å². The zero-order chi connectivity index (χ0) is 15.5. The first-order valence-electron chi connectivity index (χ1n) is 5.71. The van der Waals surface area contributed by atoms with Gasteiger partial charge in [0, 0.05) is 16.9 Å². The Morgan fingerprint density at radius 3 is 2.50 bits per heavy atom. The third-order valence-corrected chi connectivity index (χ3v) is 3.57. The molecule has 0 aromatic carbocycles. The first kappa shape index (κ1) is 16.9. The molecule has 0 aliphatic heterocycles. The van der Waals surface area contributed by atoms with Crippen LogP contribution in [-0.4, -0.2) is 32.0 Å². The normalized spacial score (nSPS) is 12.2. The molecule has 0 bridgehead atoms. The monoisotopic (exact) mass is 329 g/mol. The summed E-state index contributed by atoms with van der Waals surface area (Å²) in [5, 5.41) is 0. The number of esters is 1. The second kappa shape index (κ2) is 6.53. The Morgan fingerprint density at radius 1 is 1.45 bits per heavy atom. The molecule has 1 aromatic heterocycles. The Balaban J connectivity index is 3.09. The smallest absolute Gasteiger partial charge is 0.355 e. The molecule has 5 nitrogen and oxygen atoms in total. The maximum Gasteiger partial charge on any atom is 0.355 e. The fraction of sp³-hybridized carbons (Fsp3) is 0.545. The summed E-state index contributed by atoms with van der Waals surface area (Å²) in [5.74, 6) is -0.806. The van der Waals surface area contributed by atoms with Gasteiger partial charge in [-0.25, -0.2) is 22.0 Å². The maximum atomic E-state index is 12.4. The predicted octanol–water partition coefficient (Wildman–Crippen LogP) is 2.49. The van der Waals surface area contributed by atoms with Crippen molar-refractivity contribution in [3.63, 3.8) is 0 Å². The first-order valence-corrected chi connectivity index (χ1v) is 8.02. The van der Waals surface area contributed by atoms with Gasteiger partial charge in [-0.05, 0) is 12.0 Å². The summed E-state index contributed by atoms with van der Waals surface area (Å²) in [6, 6.07) is 0.924. The molecule has 20 heavy (non-hydrogen) atoms. The highest BCUT2D eigenvalue weighted by molar-refractivity contribution is 8.13. The molecular weight excluding hydrogens is 316 g/mol. The molecule has 0 atom stereocenters. The van der Waals surface area contributed by atoms with Gasteiger partial charge >= 0.3 is 5.97 Å². The molecule has 1 rings (SSSR count). The molecular formula is C11H14ClF2NO4S. The number of hydrogen-bond donors (Lipinski definition) is 0. The minimum Gasteiger partial charge on any atom is -0.461 e. The van der Waals surface area contributed by atoms with Crippen LogP contribution in [0.25, 0.3) is 0 Å². The number of rotatable bonds is 6. The molecule has 1 heterocycles. The van der Waals surface area contributed by atoms with E-state index in [-0.39, 0.29) is 18.2 Å². The maximum absolute atomic E-state index is 12.4. The van der Waals surface area contributed by atoms with E-state index in [1.807, 2.05) is 0 Å². The molecule has 0 saturated carbocycles. The second-order valence-electron chi connectivity index (χ2n) is 4.53. The van der Waals surface area contributed by atoms with Crippen LogP contribution in [-0.2, 0) is 20.3 Å². The van der Waals surface area contributed by atoms with Crippen molar-refractivity contribution in [3.05, 3.63) is 18.0 Å². The van der Waals surface area contributed by atoms with Crippen molar-refractivity contribution in [1.29, 1.82) is 0 Å². The van der Waals surface area contributed by atoms with Gasteiger partial charge in [-0.3, -0.25) is 0 Å². The fourth-order valence-corrected chi connectivity index (χ4v) is 2.16. The number of nitrogens with zero attached hydrogens (tertiary/aromatic N) is 1. The summed E-state index contributed by atoms with van der Waals surface area (Å²) in [4.78, 5) is 11.3. The van der Waals surface area contributed by atoms with Gasteiger partial charge in [-0.1, -0.05) is 13.8 Å². The Morgan fingerprint density at radius 2 is 2.05 bits per heavy atom. The Labute approximate surface area is 119 Å². The molecule has 9 heteroatoms. The Bertz CT molecular complexity index is 583. The number of halogens is 3. The van der Waals surface area contributed by atoms with Crippen LogP contribution in [0.5, 0.6) is 0 Å². The van der Waals surface area contributed by atoms with E-state index in [0.717, 1.165) is 16.8 Å². The van der Waals surface area contributed by atoms with E-state index in [4.69, 9.17) is 15.4 Å². The Kier molecular flexibility index (Phi) is 5.52. The van der Waals surface area contributed by atoms with Crippen LogP contribution in [0.3, 0.4) is 0 Å². The van der Waals surface area contributed by atoms with Crippen molar-refractivity contribution in [2.45, 2.75) is 31.7 Å². The van der Waals surface area contributed by atoms with E-state index in [9.17, 15) is 22.0 Å². The number of alkyl halides is 2. The van der Waals surface area contributed by atoms with Crippen LogP contribution in [0.15, 0.2) is 17.2 Å². The van der Waals surface area contributed by atoms with Gasteiger partial charge in [-0.2, -0.15) is 0 Å². The van der Waals surface area contributed by atoms with E-state index in [1.54, 1.807) is 13.8 Å². The predicted molar refractivity (Wildman–Crippen MR) is 68.6 cm³/mol. The number of ether oxygens (including phenoxy) is 1. The summed E-state index contributed by atoms with van der Waals surface area (Å²) in [5.41, 5.74) is -0.273. The molecule has 114 valence electrons. The third-order valence-electron chi connectivity index (χ3n) is 2.24. The van der Waals surface area contributed by atoms with Crippen molar-refractivity contribution in [2.24, 2.45) is 5.92 Å². The summed E-state index contributed by atoms with van der Waals surface area (Å²) in [6.45, 7) is 2.89. The van der Waals surface area contributed by atoms with Gasteiger partial charge in [0.05, 0.1) is 13.2 Å². The lowest BCUT2D eigenvalue weighted by Crippen LogP contribution is -2.16. The van der Waals surface area contributed by atoms with Gasteiger partial charge in [0.1, 0.15) is 10.6 Å². The van der Waals surface area contributed by atoms with E-state index in [2.05, 4.69) is 0 Å². The number of aromatic nitrogens is 1. The lowest BCUT2D eigenvalue weighted by Gasteiger charge is -2.09. The van der Waals surface area contributed by atoms with E-state index in [0.29, 0.717) is 0 Å². The number of hydrogen-bond acceptors (Lipinski definition) is 4. The van der Waals surface area contributed by atoms with E-state index >= 15 is 0 Å². The van der Waals surface area contributed by atoms with Crippen LogP contribution in [0.1, 0.15) is 24.3 Å². The number of carbonyl (C=O) groups excluding carboxylic acids is 1.